The molecule has 27 heavy (non-hydrogen) atoms. The first-order valence-electron chi connectivity index (χ1n) is 8.14. The summed E-state index contributed by atoms with van der Waals surface area (Å²) in [5, 5.41) is 3.81. The minimum Gasteiger partial charge on any atom is -0.461 e. The second-order valence-corrected chi connectivity index (χ2v) is 5.74. The lowest BCUT2D eigenvalue weighted by Gasteiger charge is -2.04. The fourth-order valence-electron chi connectivity index (χ4n) is 2.28. The summed E-state index contributed by atoms with van der Waals surface area (Å²) in [6.07, 6.45) is 0.304. The second kappa shape index (κ2) is 8.22. The van der Waals surface area contributed by atoms with Crippen molar-refractivity contribution in [2.24, 2.45) is 5.73 Å². The highest BCUT2D eigenvalue weighted by molar-refractivity contribution is 5.92. The van der Waals surface area contributed by atoms with Crippen LogP contribution in [0.25, 0.3) is 11.4 Å². The molecule has 3 aromatic rings. The zero-order valence-corrected chi connectivity index (χ0v) is 14.2. The Kier molecular flexibility index (Phi) is 5.55. The van der Waals surface area contributed by atoms with Gasteiger partial charge in [0.2, 0.25) is 17.6 Å². The van der Waals surface area contributed by atoms with Crippen molar-refractivity contribution in [3.63, 3.8) is 0 Å². The minimum absolute atomic E-state index is 0.0738. The summed E-state index contributed by atoms with van der Waals surface area (Å²) in [5.74, 6) is -0.673. The van der Waals surface area contributed by atoms with Crippen molar-refractivity contribution in [3.8, 4) is 11.4 Å². The van der Waals surface area contributed by atoms with E-state index in [0.29, 0.717) is 17.0 Å². The van der Waals surface area contributed by atoms with Gasteiger partial charge in [0.25, 0.3) is 0 Å². The number of halogens is 1. The summed E-state index contributed by atoms with van der Waals surface area (Å²) in [6.45, 7) is 0.0859. The van der Waals surface area contributed by atoms with Crippen molar-refractivity contribution in [3.05, 3.63) is 71.4 Å². The fraction of sp³-hybridized carbons (Fsp3) is 0.158. The number of carbonyl (C=O) groups is 2. The van der Waals surface area contributed by atoms with E-state index in [1.165, 1.54) is 12.1 Å². The third kappa shape index (κ3) is 4.97. The number of esters is 1. The lowest BCUT2D eigenvalue weighted by Crippen LogP contribution is -2.11. The topological polar surface area (TPSA) is 108 Å². The lowest BCUT2D eigenvalue weighted by molar-refractivity contribution is -0.145. The maximum Gasteiger partial charge on any atom is 0.306 e. The van der Waals surface area contributed by atoms with Gasteiger partial charge in [0.15, 0.2) is 0 Å². The molecule has 0 spiro atoms. The van der Waals surface area contributed by atoms with E-state index in [0.717, 1.165) is 5.56 Å². The zero-order chi connectivity index (χ0) is 19.2. The van der Waals surface area contributed by atoms with Crippen molar-refractivity contribution in [1.82, 2.24) is 10.1 Å². The molecule has 0 radical (unpaired) electrons. The van der Waals surface area contributed by atoms with Crippen LogP contribution in [0.3, 0.4) is 0 Å². The molecular weight excluding hydrogens is 353 g/mol. The lowest BCUT2D eigenvalue weighted by atomic mass is 10.1. The Labute approximate surface area is 153 Å². The summed E-state index contributed by atoms with van der Waals surface area (Å²) in [7, 11) is 0. The quantitative estimate of drug-likeness (QED) is 0.642. The van der Waals surface area contributed by atoms with Crippen molar-refractivity contribution >= 4 is 11.9 Å². The number of nitrogens with two attached hydrogens (primary N) is 1. The normalized spacial score (nSPS) is 10.6. The molecule has 3 rings (SSSR count). The number of hydrogen-bond acceptors (Lipinski definition) is 6. The Morgan fingerprint density at radius 1 is 1.07 bits per heavy atom. The van der Waals surface area contributed by atoms with Gasteiger partial charge in [-0.1, -0.05) is 17.3 Å². The van der Waals surface area contributed by atoms with Crippen LogP contribution in [0.15, 0.2) is 53.1 Å². The predicted molar refractivity (Wildman–Crippen MR) is 92.8 cm³/mol. The van der Waals surface area contributed by atoms with Gasteiger partial charge >= 0.3 is 5.97 Å². The van der Waals surface area contributed by atoms with E-state index < -0.39 is 11.9 Å². The number of primary amides is 1. The number of aromatic nitrogens is 2. The van der Waals surface area contributed by atoms with Crippen LogP contribution in [0.1, 0.15) is 28.2 Å². The van der Waals surface area contributed by atoms with Crippen molar-refractivity contribution in [2.75, 3.05) is 0 Å². The van der Waals surface area contributed by atoms with Crippen LogP contribution in [-0.2, 0) is 22.6 Å². The number of rotatable bonds is 7. The second-order valence-electron chi connectivity index (χ2n) is 5.74. The molecule has 0 fully saturated rings. The van der Waals surface area contributed by atoms with Gasteiger partial charge in [0.1, 0.15) is 12.4 Å². The van der Waals surface area contributed by atoms with E-state index in [9.17, 15) is 14.0 Å². The summed E-state index contributed by atoms with van der Waals surface area (Å²) in [6, 6.07) is 12.2. The largest absolute Gasteiger partial charge is 0.461 e. The van der Waals surface area contributed by atoms with Crippen LogP contribution in [0.2, 0.25) is 0 Å². The molecule has 0 atom stereocenters. The van der Waals surface area contributed by atoms with E-state index in [1.807, 2.05) is 0 Å². The summed E-state index contributed by atoms with van der Waals surface area (Å²) in [4.78, 5) is 27.0. The van der Waals surface area contributed by atoms with Crippen molar-refractivity contribution in [1.29, 1.82) is 0 Å². The molecule has 1 aromatic heterocycles. The van der Waals surface area contributed by atoms with Gasteiger partial charge in [0, 0.05) is 17.5 Å². The predicted octanol–water partition coefficient (Wildman–Crippen LogP) is 2.65. The molecule has 2 aromatic carbocycles. The molecule has 0 aliphatic carbocycles. The van der Waals surface area contributed by atoms with Crippen LogP contribution in [-0.4, -0.2) is 22.0 Å². The first-order chi connectivity index (χ1) is 13.0. The summed E-state index contributed by atoms with van der Waals surface area (Å²) in [5.41, 5.74) is 6.91. The number of amides is 1. The van der Waals surface area contributed by atoms with Gasteiger partial charge in [-0.05, 0) is 42.0 Å². The maximum absolute atomic E-state index is 12.9. The molecule has 0 saturated heterocycles. The highest BCUT2D eigenvalue weighted by Gasteiger charge is 2.12. The average Bonchev–Trinajstić information content (AvgIpc) is 3.14. The number of aryl methyl sites for hydroxylation is 1. The molecule has 138 valence electrons. The van der Waals surface area contributed by atoms with Crippen LogP contribution in [0, 0.1) is 5.82 Å². The molecular formula is C19H16FN3O4. The van der Waals surface area contributed by atoms with Gasteiger partial charge < -0.3 is 15.0 Å². The number of nitrogens with zero attached hydrogens (tertiary/aromatic N) is 2. The summed E-state index contributed by atoms with van der Waals surface area (Å²) >= 11 is 0. The van der Waals surface area contributed by atoms with Gasteiger partial charge in [-0.2, -0.15) is 4.98 Å². The van der Waals surface area contributed by atoms with E-state index in [4.69, 9.17) is 15.0 Å². The average molecular weight is 369 g/mol. The monoisotopic (exact) mass is 369 g/mol. The van der Waals surface area contributed by atoms with E-state index >= 15 is 0 Å². The first-order valence-corrected chi connectivity index (χ1v) is 8.14. The van der Waals surface area contributed by atoms with Gasteiger partial charge in [0.05, 0.1) is 6.42 Å². The van der Waals surface area contributed by atoms with Crippen LogP contribution >= 0.6 is 0 Å². The number of ether oxygens (including phenoxy) is 1. The third-order valence-corrected chi connectivity index (χ3v) is 3.75. The van der Waals surface area contributed by atoms with E-state index in [1.54, 1.807) is 36.4 Å². The molecule has 1 amide bonds. The molecule has 0 saturated carbocycles. The Hall–Kier alpha value is -3.55. The smallest absolute Gasteiger partial charge is 0.306 e. The van der Waals surface area contributed by atoms with Gasteiger partial charge in [-0.15, -0.1) is 0 Å². The highest BCUT2D eigenvalue weighted by atomic mass is 19.1. The third-order valence-electron chi connectivity index (χ3n) is 3.75. The zero-order valence-electron chi connectivity index (χ0n) is 14.2. The van der Waals surface area contributed by atoms with Gasteiger partial charge in [-0.3, -0.25) is 9.59 Å². The Balaban J connectivity index is 1.48. The molecule has 1 heterocycles. The van der Waals surface area contributed by atoms with Crippen molar-refractivity contribution < 1.29 is 23.2 Å². The van der Waals surface area contributed by atoms with Gasteiger partial charge in [-0.25, -0.2) is 4.39 Å². The SMILES string of the molecule is NC(=O)c1ccc(COC(=O)CCc2nc(-c3ccc(F)cc3)no2)cc1. The molecule has 0 aliphatic rings. The maximum atomic E-state index is 12.9. The molecule has 7 nitrogen and oxygen atoms in total. The van der Waals surface area contributed by atoms with E-state index in [-0.39, 0.29) is 31.2 Å². The standard InChI is InChI=1S/C19H16FN3O4/c20-15-7-5-14(6-8-15)19-22-16(27-23-19)9-10-17(24)26-11-12-1-3-13(4-2-12)18(21)25/h1-8H,9-11H2,(H2,21,25). The van der Waals surface area contributed by atoms with Crippen LogP contribution < -0.4 is 5.73 Å². The number of hydrogen-bond donors (Lipinski definition) is 1. The Morgan fingerprint density at radius 3 is 2.44 bits per heavy atom. The Bertz CT molecular complexity index is 936. The Morgan fingerprint density at radius 2 is 1.78 bits per heavy atom. The minimum atomic E-state index is -0.516. The van der Waals surface area contributed by atoms with Crippen molar-refractivity contribution in [2.45, 2.75) is 19.4 Å². The molecule has 0 bridgehead atoms. The number of carbonyl (C=O) groups excluding carboxylic acids is 2. The van der Waals surface area contributed by atoms with E-state index in [2.05, 4.69) is 10.1 Å². The molecule has 0 unspecified atom stereocenters. The molecule has 8 heteroatoms. The number of benzene rings is 2. The molecule has 0 aliphatic heterocycles. The molecule has 2 N–H and O–H groups in total. The fourth-order valence-corrected chi connectivity index (χ4v) is 2.28. The highest BCUT2D eigenvalue weighted by Crippen LogP contribution is 2.16. The van der Waals surface area contributed by atoms with Crippen LogP contribution in [0.4, 0.5) is 4.39 Å². The first kappa shape index (κ1) is 18.2. The van der Waals surface area contributed by atoms with Crippen LogP contribution in [0.5, 0.6) is 0 Å². The summed E-state index contributed by atoms with van der Waals surface area (Å²) < 4.78 is 23.2.